The Hall–Kier alpha value is -2.50. The van der Waals surface area contributed by atoms with Crippen LogP contribution < -0.4 is 10.5 Å². The van der Waals surface area contributed by atoms with Crippen LogP contribution in [0.3, 0.4) is 0 Å². The van der Waals surface area contributed by atoms with Crippen LogP contribution in [0.5, 0.6) is 0 Å². The topological polar surface area (TPSA) is 142 Å². The number of benzene rings is 1. The van der Waals surface area contributed by atoms with Gasteiger partial charge in [0.15, 0.2) is 0 Å². The van der Waals surface area contributed by atoms with E-state index in [-0.39, 0.29) is 17.5 Å². The Morgan fingerprint density at radius 1 is 1.30 bits per heavy atom. The SMILES string of the molecule is CC(=O)OCc1c(C)cc(C)c(C2(C(N)=O)SC=CC2S(=O)(=O)Nc2onc(C)c2Cl)c1C. The molecule has 33 heavy (non-hydrogen) atoms. The minimum Gasteiger partial charge on any atom is -0.461 e. The molecule has 12 heteroatoms. The van der Waals surface area contributed by atoms with Crippen LogP contribution in [0.2, 0.25) is 5.02 Å². The van der Waals surface area contributed by atoms with Crippen LogP contribution in [0.1, 0.15) is 40.4 Å². The van der Waals surface area contributed by atoms with Gasteiger partial charge in [-0.25, -0.2) is 13.1 Å². The maximum absolute atomic E-state index is 13.4. The van der Waals surface area contributed by atoms with Gasteiger partial charge in [0.2, 0.25) is 15.9 Å². The highest BCUT2D eigenvalue weighted by atomic mass is 35.5. The minimum atomic E-state index is -4.27. The first kappa shape index (κ1) is 25.1. The molecule has 0 fully saturated rings. The summed E-state index contributed by atoms with van der Waals surface area (Å²) in [5, 5.41) is 3.82. The number of thioether (sulfide) groups is 1. The van der Waals surface area contributed by atoms with Gasteiger partial charge in [0.1, 0.15) is 27.3 Å². The van der Waals surface area contributed by atoms with Crippen molar-refractivity contribution in [3.05, 3.63) is 56.1 Å². The molecule has 9 nitrogen and oxygen atoms in total. The van der Waals surface area contributed by atoms with Gasteiger partial charge < -0.3 is 15.0 Å². The number of hydrogen-bond acceptors (Lipinski definition) is 8. The normalized spacial score (nSPS) is 20.1. The molecule has 3 rings (SSSR count). The van der Waals surface area contributed by atoms with Crippen LogP contribution in [-0.2, 0) is 35.7 Å². The van der Waals surface area contributed by atoms with Crippen LogP contribution in [0.25, 0.3) is 0 Å². The lowest BCUT2D eigenvalue weighted by Gasteiger charge is -2.35. The number of carbonyl (C=O) groups is 2. The molecule has 1 aromatic carbocycles. The molecular weight excluding hydrogens is 490 g/mol. The molecule has 2 unspecified atom stereocenters. The predicted octanol–water partition coefficient (Wildman–Crippen LogP) is 3.38. The van der Waals surface area contributed by atoms with Crippen molar-refractivity contribution in [1.29, 1.82) is 0 Å². The second-order valence-electron chi connectivity index (χ2n) is 7.79. The van der Waals surface area contributed by atoms with Crippen LogP contribution in [0.15, 0.2) is 22.1 Å². The van der Waals surface area contributed by atoms with Crippen LogP contribution in [0.4, 0.5) is 5.88 Å². The van der Waals surface area contributed by atoms with Gasteiger partial charge in [0.05, 0.1) is 0 Å². The quantitative estimate of drug-likeness (QED) is 0.536. The molecule has 2 heterocycles. The number of sulfonamides is 1. The second-order valence-corrected chi connectivity index (χ2v) is 11.1. The van der Waals surface area contributed by atoms with E-state index >= 15 is 0 Å². The molecule has 0 radical (unpaired) electrons. The highest BCUT2D eigenvalue weighted by Gasteiger charge is 2.56. The number of hydrogen-bond donors (Lipinski definition) is 2. The number of aromatic nitrogens is 1. The monoisotopic (exact) mass is 513 g/mol. The number of amides is 1. The lowest BCUT2D eigenvalue weighted by molar-refractivity contribution is -0.142. The molecule has 1 aliphatic heterocycles. The van der Waals surface area contributed by atoms with Gasteiger partial charge in [-0.15, -0.1) is 11.8 Å². The number of ether oxygens (including phenoxy) is 1. The number of primary amides is 1. The maximum Gasteiger partial charge on any atom is 0.302 e. The molecule has 3 N–H and O–H groups in total. The van der Waals surface area contributed by atoms with Crippen molar-refractivity contribution in [3.8, 4) is 0 Å². The van der Waals surface area contributed by atoms with Crippen molar-refractivity contribution < 1.29 is 27.3 Å². The fourth-order valence-electron chi connectivity index (χ4n) is 4.07. The fraction of sp³-hybridized carbons (Fsp3) is 0.381. The first-order valence-corrected chi connectivity index (χ1v) is 12.6. The van der Waals surface area contributed by atoms with Crippen molar-refractivity contribution in [2.75, 3.05) is 4.72 Å². The minimum absolute atomic E-state index is 0.0178. The summed E-state index contributed by atoms with van der Waals surface area (Å²) in [6.45, 7) is 8.23. The van der Waals surface area contributed by atoms with E-state index in [2.05, 4.69) is 9.88 Å². The summed E-state index contributed by atoms with van der Waals surface area (Å²) < 4.78 is 37.7. The molecule has 1 aliphatic rings. The summed E-state index contributed by atoms with van der Waals surface area (Å²) in [5.41, 5.74) is 9.47. The molecule has 0 saturated heterocycles. The lowest BCUT2D eigenvalue weighted by Crippen LogP contribution is -2.50. The molecule has 0 aliphatic carbocycles. The van der Waals surface area contributed by atoms with Crippen molar-refractivity contribution in [2.45, 2.75) is 51.2 Å². The summed E-state index contributed by atoms with van der Waals surface area (Å²) in [6, 6.07) is 1.82. The summed E-state index contributed by atoms with van der Waals surface area (Å²) >= 11 is 7.09. The fourth-order valence-corrected chi connectivity index (χ4v) is 7.58. The lowest BCUT2D eigenvalue weighted by atomic mass is 9.83. The van der Waals surface area contributed by atoms with E-state index in [1.165, 1.54) is 18.4 Å². The summed E-state index contributed by atoms with van der Waals surface area (Å²) in [6.07, 6.45) is 1.40. The van der Waals surface area contributed by atoms with Gasteiger partial charge >= 0.3 is 5.97 Å². The number of esters is 1. The van der Waals surface area contributed by atoms with Crippen molar-refractivity contribution in [1.82, 2.24) is 5.16 Å². The van der Waals surface area contributed by atoms with Crippen LogP contribution >= 0.6 is 23.4 Å². The Labute approximate surface area is 201 Å². The average Bonchev–Trinajstić information content (AvgIpc) is 3.28. The van der Waals surface area contributed by atoms with E-state index in [1.807, 2.05) is 13.0 Å². The molecule has 178 valence electrons. The number of halogens is 1. The van der Waals surface area contributed by atoms with Crippen molar-refractivity contribution in [3.63, 3.8) is 0 Å². The van der Waals surface area contributed by atoms with Crippen LogP contribution in [-0.4, -0.2) is 30.7 Å². The zero-order valence-electron chi connectivity index (χ0n) is 18.7. The number of rotatable bonds is 7. The Morgan fingerprint density at radius 2 is 1.97 bits per heavy atom. The summed E-state index contributed by atoms with van der Waals surface area (Å²) in [4.78, 5) is 24.4. The summed E-state index contributed by atoms with van der Waals surface area (Å²) in [5.74, 6) is -1.53. The van der Waals surface area contributed by atoms with Crippen molar-refractivity contribution >= 4 is 51.1 Å². The molecule has 1 amide bonds. The van der Waals surface area contributed by atoms with Gasteiger partial charge in [0, 0.05) is 6.92 Å². The smallest absolute Gasteiger partial charge is 0.302 e. The number of aryl methyl sites for hydroxylation is 3. The highest BCUT2D eigenvalue weighted by molar-refractivity contribution is 8.05. The number of nitrogens with two attached hydrogens (primary N) is 1. The maximum atomic E-state index is 13.4. The van der Waals surface area contributed by atoms with E-state index in [0.29, 0.717) is 27.9 Å². The third-order valence-electron chi connectivity index (χ3n) is 5.56. The largest absolute Gasteiger partial charge is 0.461 e. The Balaban J connectivity index is 2.18. The molecule has 1 aromatic heterocycles. The van der Waals surface area contributed by atoms with Gasteiger partial charge in [-0.2, -0.15) is 0 Å². The van der Waals surface area contributed by atoms with Gasteiger partial charge in [-0.3, -0.25) is 9.59 Å². The molecular formula is C21H24ClN3O6S2. The van der Waals surface area contributed by atoms with E-state index in [9.17, 15) is 18.0 Å². The molecule has 0 saturated carbocycles. The Morgan fingerprint density at radius 3 is 2.52 bits per heavy atom. The van der Waals surface area contributed by atoms with Crippen LogP contribution in [0, 0.1) is 27.7 Å². The number of carbonyl (C=O) groups excluding carboxylic acids is 2. The molecule has 2 atom stereocenters. The van der Waals surface area contributed by atoms with E-state index < -0.39 is 31.9 Å². The van der Waals surface area contributed by atoms with E-state index in [1.54, 1.807) is 20.8 Å². The zero-order chi connectivity index (χ0) is 24.7. The van der Waals surface area contributed by atoms with E-state index in [4.69, 9.17) is 26.6 Å². The number of nitrogens with one attached hydrogen (secondary N) is 1. The number of anilines is 1. The first-order valence-electron chi connectivity index (χ1n) is 9.84. The van der Waals surface area contributed by atoms with Crippen molar-refractivity contribution in [2.24, 2.45) is 5.73 Å². The zero-order valence-corrected chi connectivity index (χ0v) is 21.1. The third-order valence-corrected chi connectivity index (χ3v) is 9.12. The highest BCUT2D eigenvalue weighted by Crippen LogP contribution is 2.51. The Bertz CT molecular complexity index is 1270. The van der Waals surface area contributed by atoms with Gasteiger partial charge in [-0.1, -0.05) is 28.9 Å². The third kappa shape index (κ3) is 4.36. The van der Waals surface area contributed by atoms with Gasteiger partial charge in [-0.05, 0) is 60.9 Å². The average molecular weight is 514 g/mol. The second kappa shape index (κ2) is 9.03. The molecule has 2 aromatic rings. The molecule has 0 bridgehead atoms. The van der Waals surface area contributed by atoms with Gasteiger partial charge in [0.25, 0.3) is 5.88 Å². The standard InChI is InChI=1S/C21H24ClN3O6S2/c1-10-8-11(2)17(12(3)15(10)9-30-14(5)26)21(20(23)27)16(6-7-32-21)33(28,29)25-19-18(22)13(4)24-31-19/h6-8,16,25H,9H2,1-5H3,(H2,23,27). The first-order chi connectivity index (χ1) is 15.3. The predicted molar refractivity (Wildman–Crippen MR) is 126 cm³/mol. The number of nitrogens with zero attached hydrogens (tertiary/aromatic N) is 1. The summed E-state index contributed by atoms with van der Waals surface area (Å²) in [7, 11) is -4.27. The van der Waals surface area contributed by atoms with E-state index in [0.717, 1.165) is 17.3 Å². The Kier molecular flexibility index (Phi) is 6.88. The molecule has 0 spiro atoms.